The molecule has 0 radical (unpaired) electrons. The number of hydrogen-bond donors (Lipinski definition) is 2. The fraction of sp³-hybridized carbons (Fsp3) is 0.579. The van der Waals surface area contributed by atoms with Gasteiger partial charge in [-0.2, -0.15) is 0 Å². The van der Waals surface area contributed by atoms with E-state index in [1.165, 1.54) is 5.56 Å². The first-order valence-electron chi connectivity index (χ1n) is 8.35. The fourth-order valence-electron chi connectivity index (χ4n) is 3.21. The van der Waals surface area contributed by atoms with Crippen molar-refractivity contribution in [3.8, 4) is 0 Å². The normalized spacial score (nSPS) is 25.6. The highest BCUT2D eigenvalue weighted by Gasteiger charge is 2.28. The monoisotopic (exact) mass is 304 g/mol. The lowest BCUT2D eigenvalue weighted by molar-refractivity contribution is 0.0414. The van der Waals surface area contributed by atoms with Crippen molar-refractivity contribution in [3.63, 3.8) is 0 Å². The van der Waals surface area contributed by atoms with Crippen molar-refractivity contribution in [1.29, 1.82) is 0 Å². The largest absolute Gasteiger partial charge is 0.396 e. The van der Waals surface area contributed by atoms with Crippen molar-refractivity contribution in [1.82, 2.24) is 0 Å². The van der Waals surface area contributed by atoms with Gasteiger partial charge in [-0.25, -0.2) is 0 Å². The minimum atomic E-state index is -0.175. The number of aliphatic hydroxyl groups is 2. The lowest BCUT2D eigenvalue weighted by Crippen LogP contribution is -2.29. The fourth-order valence-corrected chi connectivity index (χ4v) is 3.21. The number of aliphatic hydroxyl groups excluding tert-OH is 2. The van der Waals surface area contributed by atoms with Crippen LogP contribution in [-0.2, 0) is 11.3 Å². The van der Waals surface area contributed by atoms with Gasteiger partial charge in [0.05, 0.1) is 19.3 Å². The number of hydrogen-bond acceptors (Lipinski definition) is 3. The van der Waals surface area contributed by atoms with Crippen molar-refractivity contribution >= 4 is 0 Å². The van der Waals surface area contributed by atoms with E-state index in [0.29, 0.717) is 25.0 Å². The molecule has 0 spiro atoms. The summed E-state index contributed by atoms with van der Waals surface area (Å²) in [7, 11) is 0. The van der Waals surface area contributed by atoms with Crippen LogP contribution in [0.4, 0.5) is 0 Å². The lowest BCUT2D eigenvalue weighted by Gasteiger charge is -2.32. The molecule has 0 heterocycles. The molecule has 1 aromatic carbocycles. The Morgan fingerprint density at radius 3 is 2.68 bits per heavy atom. The summed E-state index contributed by atoms with van der Waals surface area (Å²) >= 11 is 0. The summed E-state index contributed by atoms with van der Waals surface area (Å²) in [6.45, 7) is 1.53. The highest BCUT2D eigenvalue weighted by Crippen LogP contribution is 2.33. The van der Waals surface area contributed by atoms with Crippen LogP contribution in [0.3, 0.4) is 0 Å². The smallest absolute Gasteiger partial charge is 0.0721 e. The zero-order chi connectivity index (χ0) is 15.6. The van der Waals surface area contributed by atoms with Crippen LogP contribution in [0.25, 0.3) is 0 Å². The highest BCUT2D eigenvalue weighted by atomic mass is 16.5. The Balaban J connectivity index is 1.59. The molecule has 1 aromatic rings. The first kappa shape index (κ1) is 17.2. The molecular formula is C19H28O3. The van der Waals surface area contributed by atoms with Crippen LogP contribution in [0.15, 0.2) is 42.5 Å². The van der Waals surface area contributed by atoms with Crippen LogP contribution in [0.2, 0.25) is 0 Å². The molecule has 1 aliphatic carbocycles. The predicted molar refractivity (Wildman–Crippen MR) is 88.4 cm³/mol. The first-order chi connectivity index (χ1) is 10.8. The summed E-state index contributed by atoms with van der Waals surface area (Å²) in [6.07, 6.45) is 8.70. The molecule has 3 atom stereocenters. The Bertz CT molecular complexity index is 430. The lowest BCUT2D eigenvalue weighted by atomic mass is 9.76. The predicted octanol–water partition coefficient (Wildman–Crippen LogP) is 3.31. The molecule has 0 saturated heterocycles. The van der Waals surface area contributed by atoms with E-state index in [1.807, 2.05) is 18.2 Å². The molecule has 2 rings (SSSR count). The minimum Gasteiger partial charge on any atom is -0.396 e. The van der Waals surface area contributed by atoms with Crippen LogP contribution < -0.4 is 0 Å². The van der Waals surface area contributed by atoms with Crippen molar-refractivity contribution in [2.24, 2.45) is 11.8 Å². The second-order valence-corrected chi connectivity index (χ2v) is 6.22. The highest BCUT2D eigenvalue weighted by molar-refractivity contribution is 5.13. The van der Waals surface area contributed by atoms with Gasteiger partial charge in [-0.1, -0.05) is 42.5 Å². The summed E-state index contributed by atoms with van der Waals surface area (Å²) in [6, 6.07) is 10.2. The summed E-state index contributed by atoms with van der Waals surface area (Å²) in [5, 5.41) is 19.2. The Kier molecular flexibility index (Phi) is 7.64. The molecule has 1 aliphatic rings. The van der Waals surface area contributed by atoms with Gasteiger partial charge in [0.25, 0.3) is 0 Å². The van der Waals surface area contributed by atoms with E-state index in [0.717, 1.165) is 32.1 Å². The standard InChI is InChI=1S/C19H28O3/c20-14-18-10-11-19(21)13-17(18)9-5-2-6-12-22-15-16-7-3-1-4-8-16/h1-4,6-8,17-21H,5,9-15H2/b6-2-/t17-,18+,19-/m0/s1. The third-order valence-corrected chi connectivity index (χ3v) is 4.54. The average molecular weight is 304 g/mol. The molecule has 1 saturated carbocycles. The van der Waals surface area contributed by atoms with Crippen LogP contribution >= 0.6 is 0 Å². The Hall–Kier alpha value is -1.16. The molecular weight excluding hydrogens is 276 g/mol. The average Bonchev–Trinajstić information content (AvgIpc) is 2.55. The third-order valence-electron chi connectivity index (χ3n) is 4.54. The molecule has 3 heteroatoms. The van der Waals surface area contributed by atoms with Crippen LogP contribution in [-0.4, -0.2) is 29.5 Å². The van der Waals surface area contributed by atoms with Gasteiger partial charge < -0.3 is 14.9 Å². The van der Waals surface area contributed by atoms with E-state index in [4.69, 9.17) is 4.74 Å². The van der Waals surface area contributed by atoms with Crippen LogP contribution in [0, 0.1) is 11.8 Å². The van der Waals surface area contributed by atoms with Gasteiger partial charge in [0, 0.05) is 6.61 Å². The zero-order valence-electron chi connectivity index (χ0n) is 13.2. The van der Waals surface area contributed by atoms with Gasteiger partial charge in [0.15, 0.2) is 0 Å². The van der Waals surface area contributed by atoms with Gasteiger partial charge in [-0.05, 0) is 49.5 Å². The molecule has 0 amide bonds. The summed E-state index contributed by atoms with van der Waals surface area (Å²) < 4.78 is 5.60. The molecule has 2 N–H and O–H groups in total. The van der Waals surface area contributed by atoms with Gasteiger partial charge in [0.2, 0.25) is 0 Å². The van der Waals surface area contributed by atoms with Crippen molar-refractivity contribution < 1.29 is 14.9 Å². The van der Waals surface area contributed by atoms with Crippen LogP contribution in [0.1, 0.15) is 37.7 Å². The molecule has 1 fully saturated rings. The Labute approximate surface area is 133 Å². The third kappa shape index (κ3) is 5.91. The van der Waals surface area contributed by atoms with E-state index < -0.39 is 0 Å². The number of benzene rings is 1. The van der Waals surface area contributed by atoms with E-state index in [1.54, 1.807) is 0 Å². The SMILES string of the molecule is OC[C@H]1CC[C@H](O)C[C@@H]1CC/C=C\COCc1ccccc1. The number of rotatable bonds is 8. The van der Waals surface area contributed by atoms with Gasteiger partial charge in [-0.15, -0.1) is 0 Å². The minimum absolute atomic E-state index is 0.175. The molecule has 0 unspecified atom stereocenters. The van der Waals surface area contributed by atoms with Crippen molar-refractivity contribution in [2.75, 3.05) is 13.2 Å². The van der Waals surface area contributed by atoms with Gasteiger partial charge >= 0.3 is 0 Å². The molecule has 0 bridgehead atoms. The van der Waals surface area contributed by atoms with E-state index in [2.05, 4.69) is 24.3 Å². The second kappa shape index (κ2) is 9.78. The van der Waals surface area contributed by atoms with Gasteiger partial charge in [0.1, 0.15) is 0 Å². The molecule has 122 valence electrons. The second-order valence-electron chi connectivity index (χ2n) is 6.22. The number of ether oxygens (including phenoxy) is 1. The quantitative estimate of drug-likeness (QED) is 0.572. The molecule has 0 aromatic heterocycles. The Morgan fingerprint density at radius 1 is 1.09 bits per heavy atom. The van der Waals surface area contributed by atoms with E-state index >= 15 is 0 Å². The van der Waals surface area contributed by atoms with E-state index in [-0.39, 0.29) is 12.7 Å². The molecule has 0 aliphatic heterocycles. The topological polar surface area (TPSA) is 49.7 Å². The summed E-state index contributed by atoms with van der Waals surface area (Å²) in [5.74, 6) is 0.815. The van der Waals surface area contributed by atoms with Crippen molar-refractivity contribution in [2.45, 2.75) is 44.8 Å². The summed E-state index contributed by atoms with van der Waals surface area (Å²) in [5.41, 5.74) is 1.19. The van der Waals surface area contributed by atoms with Gasteiger partial charge in [-0.3, -0.25) is 0 Å². The zero-order valence-corrected chi connectivity index (χ0v) is 13.2. The molecule has 22 heavy (non-hydrogen) atoms. The Morgan fingerprint density at radius 2 is 1.91 bits per heavy atom. The summed E-state index contributed by atoms with van der Waals surface area (Å²) in [4.78, 5) is 0. The van der Waals surface area contributed by atoms with Crippen molar-refractivity contribution in [3.05, 3.63) is 48.0 Å². The van der Waals surface area contributed by atoms with E-state index in [9.17, 15) is 10.2 Å². The number of allylic oxidation sites excluding steroid dienone is 1. The maximum absolute atomic E-state index is 9.75. The first-order valence-corrected chi connectivity index (χ1v) is 8.35. The maximum Gasteiger partial charge on any atom is 0.0721 e. The van der Waals surface area contributed by atoms with Crippen LogP contribution in [0.5, 0.6) is 0 Å². The maximum atomic E-state index is 9.75. The molecule has 3 nitrogen and oxygen atoms in total.